The molecule has 26 heavy (non-hydrogen) atoms. The van der Waals surface area contributed by atoms with Crippen LogP contribution in [0.15, 0.2) is 64.9 Å². The van der Waals surface area contributed by atoms with Crippen LogP contribution in [0.3, 0.4) is 0 Å². The van der Waals surface area contributed by atoms with Crippen LogP contribution in [0.25, 0.3) is 0 Å². The third-order valence-corrected chi connectivity index (χ3v) is 6.44. The lowest BCUT2D eigenvalue weighted by Crippen LogP contribution is -2.31. The summed E-state index contributed by atoms with van der Waals surface area (Å²) in [4.78, 5) is 12.9. The Morgan fingerprint density at radius 2 is 1.92 bits per heavy atom. The van der Waals surface area contributed by atoms with Gasteiger partial charge in [-0.2, -0.15) is 0 Å². The molecule has 0 N–H and O–H groups in total. The summed E-state index contributed by atoms with van der Waals surface area (Å²) in [5.74, 6) is -0.580. The number of esters is 1. The van der Waals surface area contributed by atoms with Crippen molar-refractivity contribution < 1.29 is 17.9 Å². The number of thioether (sulfide) groups is 1. The first-order valence-corrected chi connectivity index (χ1v) is 10.5. The molecule has 0 aromatic heterocycles. The second-order valence-corrected chi connectivity index (χ2v) is 8.31. The molecule has 0 spiro atoms. The zero-order valence-electron chi connectivity index (χ0n) is 14.3. The van der Waals surface area contributed by atoms with Crippen LogP contribution in [-0.2, 0) is 14.8 Å². The van der Waals surface area contributed by atoms with Crippen LogP contribution in [0.1, 0.15) is 10.4 Å². The minimum Gasteiger partial charge on any atom is -0.465 e. The Bertz CT molecular complexity index is 911. The van der Waals surface area contributed by atoms with Crippen molar-refractivity contribution in [3.05, 3.63) is 65.7 Å². The van der Waals surface area contributed by atoms with Crippen LogP contribution in [-0.4, -0.2) is 34.3 Å². The molecular formula is C18H18ClNO4S2. The predicted octanol–water partition coefficient (Wildman–Crippen LogP) is 4.23. The van der Waals surface area contributed by atoms with E-state index < -0.39 is 16.0 Å². The number of nitrogens with zero attached hydrogens (tertiary/aromatic N) is 1. The molecule has 138 valence electrons. The number of hydrogen-bond donors (Lipinski definition) is 0. The molecule has 0 saturated carbocycles. The highest BCUT2D eigenvalue weighted by atomic mass is 35.5. The van der Waals surface area contributed by atoms with E-state index in [1.54, 1.807) is 12.1 Å². The van der Waals surface area contributed by atoms with E-state index in [4.69, 9.17) is 16.3 Å². The van der Waals surface area contributed by atoms with Crippen LogP contribution in [0.5, 0.6) is 0 Å². The van der Waals surface area contributed by atoms with Gasteiger partial charge in [0.1, 0.15) is 0 Å². The van der Waals surface area contributed by atoms with E-state index in [9.17, 15) is 13.2 Å². The van der Waals surface area contributed by atoms with Crippen LogP contribution in [0.2, 0.25) is 5.02 Å². The molecule has 2 rings (SSSR count). The lowest BCUT2D eigenvalue weighted by Gasteiger charge is -2.24. The molecule has 0 aliphatic carbocycles. The first-order valence-electron chi connectivity index (χ1n) is 7.50. The van der Waals surface area contributed by atoms with Gasteiger partial charge in [-0.1, -0.05) is 17.7 Å². The van der Waals surface area contributed by atoms with Gasteiger partial charge in [0, 0.05) is 4.90 Å². The molecule has 0 amide bonds. The Kier molecular flexibility index (Phi) is 6.75. The average Bonchev–Trinajstić information content (AvgIpc) is 2.66. The maximum atomic E-state index is 13.1. The second-order valence-electron chi connectivity index (χ2n) is 5.16. The molecule has 0 aliphatic heterocycles. The van der Waals surface area contributed by atoms with Crippen molar-refractivity contribution in [2.75, 3.05) is 24.2 Å². The van der Waals surface area contributed by atoms with Crippen molar-refractivity contribution in [2.24, 2.45) is 0 Å². The van der Waals surface area contributed by atoms with Crippen LogP contribution in [0, 0.1) is 0 Å². The number of sulfonamides is 1. The second kappa shape index (κ2) is 8.62. The first-order chi connectivity index (χ1) is 12.3. The third-order valence-electron chi connectivity index (χ3n) is 3.58. The number of hydrogen-bond acceptors (Lipinski definition) is 5. The highest BCUT2D eigenvalue weighted by Gasteiger charge is 2.26. The van der Waals surface area contributed by atoms with E-state index in [2.05, 4.69) is 6.58 Å². The molecule has 0 radical (unpaired) electrons. The van der Waals surface area contributed by atoms with Crippen molar-refractivity contribution in [3.63, 3.8) is 0 Å². The number of halogens is 1. The summed E-state index contributed by atoms with van der Waals surface area (Å²) in [6.45, 7) is 3.62. The minimum atomic E-state index is -3.90. The fraction of sp³-hybridized carbons (Fsp3) is 0.167. The van der Waals surface area contributed by atoms with E-state index >= 15 is 0 Å². The zero-order valence-corrected chi connectivity index (χ0v) is 16.7. The number of rotatable bonds is 7. The highest BCUT2D eigenvalue weighted by molar-refractivity contribution is 7.98. The number of ether oxygens (including phenoxy) is 1. The van der Waals surface area contributed by atoms with Gasteiger partial charge in [-0.3, -0.25) is 4.31 Å². The summed E-state index contributed by atoms with van der Waals surface area (Å²) in [6, 6.07) is 10.9. The van der Waals surface area contributed by atoms with Crippen molar-refractivity contribution in [1.82, 2.24) is 0 Å². The van der Waals surface area contributed by atoms with Gasteiger partial charge in [-0.15, -0.1) is 18.3 Å². The van der Waals surface area contributed by atoms with E-state index in [0.29, 0.717) is 0 Å². The highest BCUT2D eigenvalue weighted by Crippen LogP contribution is 2.32. The molecule has 2 aromatic carbocycles. The van der Waals surface area contributed by atoms with Gasteiger partial charge in [0.15, 0.2) is 0 Å². The molecular weight excluding hydrogens is 394 g/mol. The maximum Gasteiger partial charge on any atom is 0.337 e. The van der Waals surface area contributed by atoms with Gasteiger partial charge in [-0.25, -0.2) is 13.2 Å². The molecule has 0 saturated heterocycles. The van der Waals surface area contributed by atoms with Gasteiger partial charge in [0.05, 0.1) is 34.8 Å². The van der Waals surface area contributed by atoms with Gasteiger partial charge in [-0.05, 0) is 48.7 Å². The standard InChI is InChI=1S/C18H18ClNO4S2/c1-4-11-20(17-12-13(18(21)24-2)5-10-16(17)19)26(22,23)15-8-6-14(25-3)7-9-15/h4-10,12H,1,11H2,2-3H3. The number of carbonyl (C=O) groups is 1. The summed E-state index contributed by atoms with van der Waals surface area (Å²) in [7, 11) is -2.64. The molecule has 0 bridgehead atoms. The quantitative estimate of drug-likeness (QED) is 0.387. The van der Waals surface area contributed by atoms with E-state index in [0.717, 1.165) is 9.20 Å². The van der Waals surface area contributed by atoms with Gasteiger partial charge >= 0.3 is 5.97 Å². The Labute approximate surface area is 162 Å². The number of anilines is 1. The van der Waals surface area contributed by atoms with E-state index in [1.165, 1.54) is 55.3 Å². The van der Waals surface area contributed by atoms with Crippen molar-refractivity contribution in [3.8, 4) is 0 Å². The lowest BCUT2D eigenvalue weighted by molar-refractivity contribution is 0.0600. The lowest BCUT2D eigenvalue weighted by atomic mass is 10.2. The summed E-state index contributed by atoms with van der Waals surface area (Å²) in [5.41, 5.74) is 0.386. The predicted molar refractivity (Wildman–Crippen MR) is 106 cm³/mol. The van der Waals surface area contributed by atoms with Crippen molar-refractivity contribution in [1.29, 1.82) is 0 Å². The van der Waals surface area contributed by atoms with Crippen LogP contribution >= 0.6 is 23.4 Å². The molecule has 0 unspecified atom stereocenters. The summed E-state index contributed by atoms with van der Waals surface area (Å²) < 4.78 is 32.1. The molecule has 2 aromatic rings. The first kappa shape index (κ1) is 20.4. The van der Waals surface area contributed by atoms with Crippen molar-refractivity contribution in [2.45, 2.75) is 9.79 Å². The largest absolute Gasteiger partial charge is 0.465 e. The Morgan fingerprint density at radius 3 is 2.46 bits per heavy atom. The smallest absolute Gasteiger partial charge is 0.337 e. The SMILES string of the molecule is C=CCN(c1cc(C(=O)OC)ccc1Cl)S(=O)(=O)c1ccc(SC)cc1. The van der Waals surface area contributed by atoms with Gasteiger partial charge < -0.3 is 4.74 Å². The Hall–Kier alpha value is -1.96. The molecule has 0 aliphatic rings. The topological polar surface area (TPSA) is 63.7 Å². The normalized spacial score (nSPS) is 11.0. The number of carbonyl (C=O) groups excluding carboxylic acids is 1. The Morgan fingerprint density at radius 1 is 1.27 bits per heavy atom. The Balaban J connectivity index is 2.57. The van der Waals surface area contributed by atoms with Crippen molar-refractivity contribution >= 4 is 45.0 Å². The van der Waals surface area contributed by atoms with E-state index in [1.807, 2.05) is 6.26 Å². The van der Waals surface area contributed by atoms with Gasteiger partial charge in [0.25, 0.3) is 10.0 Å². The van der Waals surface area contributed by atoms with E-state index in [-0.39, 0.29) is 27.7 Å². The zero-order chi connectivity index (χ0) is 19.3. The fourth-order valence-electron chi connectivity index (χ4n) is 2.27. The summed E-state index contributed by atoms with van der Waals surface area (Å²) in [5, 5.41) is 0.198. The average molecular weight is 412 g/mol. The number of benzene rings is 2. The monoisotopic (exact) mass is 411 g/mol. The molecule has 0 heterocycles. The molecule has 8 heteroatoms. The van der Waals surface area contributed by atoms with Gasteiger partial charge in [0.2, 0.25) is 0 Å². The summed E-state index contributed by atoms with van der Waals surface area (Å²) in [6.07, 6.45) is 3.36. The van der Waals surface area contributed by atoms with Crippen LogP contribution < -0.4 is 4.31 Å². The minimum absolute atomic E-state index is 0.00302. The third kappa shape index (κ3) is 4.23. The molecule has 0 atom stereocenters. The maximum absolute atomic E-state index is 13.1. The fourth-order valence-corrected chi connectivity index (χ4v) is 4.39. The summed E-state index contributed by atoms with van der Waals surface area (Å²) >= 11 is 7.74. The molecule has 5 nitrogen and oxygen atoms in total. The molecule has 0 fully saturated rings. The number of methoxy groups -OCH3 is 1. The van der Waals surface area contributed by atoms with Crippen LogP contribution in [0.4, 0.5) is 5.69 Å².